The van der Waals surface area contributed by atoms with Gasteiger partial charge in [-0.3, -0.25) is 9.48 Å². The second kappa shape index (κ2) is 8.60. The molecule has 1 atom stereocenters. The predicted molar refractivity (Wildman–Crippen MR) is 123 cm³/mol. The van der Waals surface area contributed by atoms with Gasteiger partial charge in [0.25, 0.3) is 5.91 Å². The van der Waals surface area contributed by atoms with E-state index in [2.05, 4.69) is 22.3 Å². The van der Waals surface area contributed by atoms with Gasteiger partial charge in [0.15, 0.2) is 11.8 Å². The fraction of sp³-hybridized carbons (Fsp3) is 0.240. The molecule has 158 valence electrons. The molecule has 6 heteroatoms. The first-order valence-corrected chi connectivity index (χ1v) is 10.4. The van der Waals surface area contributed by atoms with Gasteiger partial charge in [0.2, 0.25) is 5.88 Å². The number of ether oxygens (including phenoxy) is 1. The van der Waals surface area contributed by atoms with Gasteiger partial charge in [0.05, 0.1) is 11.1 Å². The van der Waals surface area contributed by atoms with Crippen molar-refractivity contribution in [3.63, 3.8) is 0 Å². The lowest BCUT2D eigenvalue weighted by Crippen LogP contribution is -2.30. The van der Waals surface area contributed by atoms with Gasteiger partial charge >= 0.3 is 0 Å². The Balaban J connectivity index is 1.65. The predicted octanol–water partition coefficient (Wildman–Crippen LogP) is 4.91. The molecule has 4 aromatic rings. The molecule has 4 rings (SSSR count). The lowest BCUT2D eigenvalue weighted by molar-refractivity contribution is -0.122. The standard InChI is InChI=1S/C25H26N4O2/c1-5-18-11-9-10-14-21(18)26-25(30)17(3)31-22-15-20(19-12-7-6-8-13-19)23-16(2)28-29(4)24(23)27-22/h6-15,17H,5H2,1-4H3,(H,26,30)/t17-/m0/s1. The van der Waals surface area contributed by atoms with E-state index in [-0.39, 0.29) is 5.91 Å². The number of amides is 1. The van der Waals surface area contributed by atoms with Gasteiger partial charge in [0.1, 0.15) is 0 Å². The van der Waals surface area contributed by atoms with Crippen molar-refractivity contribution in [2.45, 2.75) is 33.3 Å². The van der Waals surface area contributed by atoms with E-state index in [0.29, 0.717) is 5.88 Å². The number of benzene rings is 2. The van der Waals surface area contributed by atoms with Gasteiger partial charge in [-0.15, -0.1) is 0 Å². The second-order valence-corrected chi connectivity index (χ2v) is 7.54. The molecular formula is C25H26N4O2. The zero-order valence-electron chi connectivity index (χ0n) is 18.2. The molecule has 31 heavy (non-hydrogen) atoms. The summed E-state index contributed by atoms with van der Waals surface area (Å²) in [5.41, 5.74) is 5.54. The quantitative estimate of drug-likeness (QED) is 0.487. The molecule has 1 N–H and O–H groups in total. The van der Waals surface area contributed by atoms with Crippen LogP contribution in [0.25, 0.3) is 22.2 Å². The van der Waals surface area contributed by atoms with Gasteiger partial charge in [0, 0.05) is 18.8 Å². The second-order valence-electron chi connectivity index (χ2n) is 7.54. The van der Waals surface area contributed by atoms with Crippen LogP contribution < -0.4 is 10.1 Å². The summed E-state index contributed by atoms with van der Waals surface area (Å²) in [6, 6.07) is 19.7. The number of pyridine rings is 1. The summed E-state index contributed by atoms with van der Waals surface area (Å²) >= 11 is 0. The first-order chi connectivity index (χ1) is 15.0. The van der Waals surface area contributed by atoms with Crippen molar-refractivity contribution in [3.05, 3.63) is 71.9 Å². The summed E-state index contributed by atoms with van der Waals surface area (Å²) in [4.78, 5) is 17.4. The molecule has 0 saturated carbocycles. The molecule has 0 fully saturated rings. The summed E-state index contributed by atoms with van der Waals surface area (Å²) in [6.07, 6.45) is 0.122. The van der Waals surface area contributed by atoms with Crippen LogP contribution in [-0.4, -0.2) is 26.8 Å². The van der Waals surface area contributed by atoms with Gasteiger partial charge in [-0.05, 0) is 43.0 Å². The maximum atomic E-state index is 12.8. The number of aromatic nitrogens is 3. The number of nitrogens with one attached hydrogen (secondary N) is 1. The summed E-state index contributed by atoms with van der Waals surface area (Å²) in [5, 5.41) is 8.48. The summed E-state index contributed by atoms with van der Waals surface area (Å²) in [7, 11) is 1.86. The number of hydrogen-bond donors (Lipinski definition) is 1. The Bertz CT molecular complexity index is 1230. The summed E-state index contributed by atoms with van der Waals surface area (Å²) in [5.74, 6) is 0.172. The van der Waals surface area contributed by atoms with Crippen LogP contribution in [0.2, 0.25) is 0 Å². The average Bonchev–Trinajstić information content (AvgIpc) is 3.07. The minimum atomic E-state index is -0.715. The number of aryl methyl sites for hydroxylation is 3. The number of anilines is 1. The third-order valence-corrected chi connectivity index (χ3v) is 5.35. The zero-order chi connectivity index (χ0) is 22.0. The van der Waals surface area contributed by atoms with Crippen molar-refractivity contribution in [1.29, 1.82) is 0 Å². The SMILES string of the molecule is CCc1ccccc1NC(=O)[C@H](C)Oc1cc(-c2ccccc2)c2c(C)nn(C)c2n1. The Labute approximate surface area is 181 Å². The fourth-order valence-electron chi connectivity index (χ4n) is 3.75. The van der Waals surface area contributed by atoms with Crippen LogP contribution in [0.4, 0.5) is 5.69 Å². The van der Waals surface area contributed by atoms with Crippen LogP contribution in [-0.2, 0) is 18.3 Å². The molecule has 0 saturated heterocycles. The van der Waals surface area contributed by atoms with E-state index in [1.807, 2.05) is 74.6 Å². The van der Waals surface area contributed by atoms with Crippen LogP contribution in [0.15, 0.2) is 60.7 Å². The van der Waals surface area contributed by atoms with Crippen molar-refractivity contribution in [2.75, 3.05) is 5.32 Å². The Morgan fingerprint density at radius 1 is 1.13 bits per heavy atom. The molecule has 0 spiro atoms. The minimum absolute atomic E-state index is 0.217. The lowest BCUT2D eigenvalue weighted by Gasteiger charge is -2.16. The van der Waals surface area contributed by atoms with E-state index >= 15 is 0 Å². The third-order valence-electron chi connectivity index (χ3n) is 5.35. The number of nitrogens with zero attached hydrogens (tertiary/aromatic N) is 3. The highest BCUT2D eigenvalue weighted by Gasteiger charge is 2.20. The van der Waals surface area contributed by atoms with Crippen molar-refractivity contribution in [1.82, 2.24) is 14.8 Å². The smallest absolute Gasteiger partial charge is 0.265 e. The Hall–Kier alpha value is -3.67. The Morgan fingerprint density at radius 3 is 2.58 bits per heavy atom. The van der Waals surface area contributed by atoms with E-state index in [1.165, 1.54) is 0 Å². The highest BCUT2D eigenvalue weighted by molar-refractivity contribution is 5.96. The van der Waals surface area contributed by atoms with Gasteiger partial charge < -0.3 is 10.1 Å². The number of para-hydroxylation sites is 1. The van der Waals surface area contributed by atoms with Crippen LogP contribution in [0.5, 0.6) is 5.88 Å². The van der Waals surface area contributed by atoms with Crippen LogP contribution in [0, 0.1) is 6.92 Å². The van der Waals surface area contributed by atoms with Crippen molar-refractivity contribution < 1.29 is 9.53 Å². The molecule has 0 aliphatic rings. The maximum absolute atomic E-state index is 12.8. The maximum Gasteiger partial charge on any atom is 0.265 e. The molecule has 0 radical (unpaired) electrons. The zero-order valence-corrected chi connectivity index (χ0v) is 18.2. The van der Waals surface area contributed by atoms with Crippen molar-refractivity contribution in [3.8, 4) is 17.0 Å². The summed E-state index contributed by atoms with van der Waals surface area (Å²) < 4.78 is 7.73. The topological polar surface area (TPSA) is 69.0 Å². The Morgan fingerprint density at radius 2 is 1.84 bits per heavy atom. The van der Waals surface area contributed by atoms with Crippen molar-refractivity contribution >= 4 is 22.6 Å². The van der Waals surface area contributed by atoms with Gasteiger partial charge in [-0.25, -0.2) is 0 Å². The number of rotatable bonds is 6. The highest BCUT2D eigenvalue weighted by Crippen LogP contribution is 2.33. The molecule has 2 aromatic heterocycles. The molecule has 0 aliphatic heterocycles. The minimum Gasteiger partial charge on any atom is -0.464 e. The third kappa shape index (κ3) is 4.14. The number of hydrogen-bond acceptors (Lipinski definition) is 4. The highest BCUT2D eigenvalue weighted by atomic mass is 16.5. The van der Waals surface area contributed by atoms with Gasteiger partial charge in [-0.2, -0.15) is 10.1 Å². The first kappa shape index (κ1) is 20.6. The molecule has 6 nitrogen and oxygen atoms in total. The van der Waals surface area contributed by atoms with E-state index in [9.17, 15) is 4.79 Å². The average molecular weight is 415 g/mol. The van der Waals surface area contributed by atoms with Crippen LogP contribution >= 0.6 is 0 Å². The van der Waals surface area contributed by atoms with E-state index in [4.69, 9.17) is 4.74 Å². The Kier molecular flexibility index (Phi) is 5.71. The number of carbonyl (C=O) groups excluding carboxylic acids is 1. The number of fused-ring (bicyclic) bond motifs is 1. The monoisotopic (exact) mass is 414 g/mol. The first-order valence-electron chi connectivity index (χ1n) is 10.4. The summed E-state index contributed by atoms with van der Waals surface area (Å²) in [6.45, 7) is 5.76. The molecule has 0 bridgehead atoms. The number of carbonyl (C=O) groups is 1. The molecule has 2 heterocycles. The molecule has 0 aliphatic carbocycles. The normalized spacial score (nSPS) is 12.0. The van der Waals surface area contributed by atoms with Gasteiger partial charge in [-0.1, -0.05) is 55.5 Å². The molecular weight excluding hydrogens is 388 g/mol. The van der Waals surface area contributed by atoms with E-state index in [0.717, 1.165) is 45.5 Å². The largest absolute Gasteiger partial charge is 0.464 e. The lowest BCUT2D eigenvalue weighted by atomic mass is 10.0. The fourth-order valence-corrected chi connectivity index (χ4v) is 3.75. The van der Waals surface area contributed by atoms with E-state index < -0.39 is 6.10 Å². The van der Waals surface area contributed by atoms with Crippen LogP contribution in [0.1, 0.15) is 25.1 Å². The molecule has 1 amide bonds. The molecule has 0 unspecified atom stereocenters. The van der Waals surface area contributed by atoms with Crippen molar-refractivity contribution in [2.24, 2.45) is 7.05 Å². The van der Waals surface area contributed by atoms with E-state index in [1.54, 1.807) is 11.6 Å². The molecule has 2 aromatic carbocycles. The van der Waals surface area contributed by atoms with Crippen LogP contribution in [0.3, 0.4) is 0 Å².